The average molecular weight is 855 g/mol. The number of nitrogens with zero attached hydrogens (tertiary/aromatic N) is 2. The van der Waals surface area contributed by atoms with Crippen LogP contribution in [0, 0.1) is 11.6 Å². The normalized spacial score (nSPS) is 12.6. The molecule has 0 amide bonds. The summed E-state index contributed by atoms with van der Waals surface area (Å²) >= 11 is 0. The maximum Gasteiger partial charge on any atom is 0.152 e. The highest BCUT2D eigenvalue weighted by atomic mass is 19.1. The van der Waals surface area contributed by atoms with Crippen molar-refractivity contribution in [2.45, 2.75) is 0 Å². The summed E-state index contributed by atoms with van der Waals surface area (Å²) in [6.07, 6.45) is 0. The van der Waals surface area contributed by atoms with E-state index < -0.39 is 11.6 Å². The maximum absolute atomic E-state index is 17.3. The van der Waals surface area contributed by atoms with Crippen molar-refractivity contribution in [2.24, 2.45) is 0 Å². The standard InChI is InChI=1S/C60H36F2N2O2/c61-50-35-55-59(65-57-31-42-20-9-7-18-40(42)29-53(57)63(55)44-23-13-22-39(28-44)37-14-3-1-4-15-37)33-48(50)49-34-60-56(36-51(49)62)64(54-30-41-19-8-10-21-43(41)32-58(54)66-60)52-27-26-45(38-16-5-2-6-17-38)46-24-11-12-25-47(46)52/h1-36H. The van der Waals surface area contributed by atoms with Gasteiger partial charge in [0.25, 0.3) is 0 Å². The van der Waals surface area contributed by atoms with E-state index in [0.717, 1.165) is 77.3 Å². The summed E-state index contributed by atoms with van der Waals surface area (Å²) in [5.74, 6) is 0.765. The molecule has 4 nitrogen and oxygen atoms in total. The molecule has 0 saturated heterocycles. The molecule has 2 aliphatic heterocycles. The maximum atomic E-state index is 17.3. The zero-order chi connectivity index (χ0) is 43.9. The van der Waals surface area contributed by atoms with E-state index in [-0.39, 0.29) is 11.1 Å². The second-order valence-electron chi connectivity index (χ2n) is 16.8. The lowest BCUT2D eigenvalue weighted by Gasteiger charge is -2.35. The lowest BCUT2D eigenvalue weighted by molar-refractivity contribution is 0.474. The van der Waals surface area contributed by atoms with Gasteiger partial charge in [0.05, 0.1) is 28.4 Å². The Morgan fingerprint density at radius 3 is 1.35 bits per heavy atom. The number of hydrogen-bond donors (Lipinski definition) is 0. The first-order valence-electron chi connectivity index (χ1n) is 21.9. The summed E-state index contributed by atoms with van der Waals surface area (Å²) in [6, 6.07) is 71.7. The molecule has 2 heterocycles. The number of anilines is 6. The molecule has 6 heteroatoms. The van der Waals surface area contributed by atoms with Crippen LogP contribution < -0.4 is 19.3 Å². The van der Waals surface area contributed by atoms with Crippen molar-refractivity contribution in [3.63, 3.8) is 0 Å². The van der Waals surface area contributed by atoms with Crippen LogP contribution in [0.1, 0.15) is 0 Å². The SMILES string of the molecule is Fc1cc2c(cc1-c1cc3c(cc1F)N(c1ccc(-c4ccccc4)c4ccccc14)c1cc4ccccc4cc1O3)Oc1cc3ccccc3cc1N2c1cccc(-c2ccccc2)c1. The number of benzene rings is 11. The van der Waals surface area contributed by atoms with Gasteiger partial charge in [-0.3, -0.25) is 0 Å². The van der Waals surface area contributed by atoms with Gasteiger partial charge in [0.15, 0.2) is 23.0 Å². The summed E-state index contributed by atoms with van der Waals surface area (Å²) in [7, 11) is 0. The fraction of sp³-hybridized carbons (Fsp3) is 0. The number of halogens is 2. The van der Waals surface area contributed by atoms with Crippen molar-refractivity contribution in [3.8, 4) is 56.4 Å². The first kappa shape index (κ1) is 37.8. The molecule has 312 valence electrons. The van der Waals surface area contributed by atoms with Gasteiger partial charge in [0.1, 0.15) is 11.6 Å². The van der Waals surface area contributed by atoms with Gasteiger partial charge in [-0.05, 0) is 104 Å². The lowest BCUT2D eigenvalue weighted by Crippen LogP contribution is -2.17. The molecule has 0 bridgehead atoms. The highest BCUT2D eigenvalue weighted by Crippen LogP contribution is 2.57. The molecule has 0 aromatic heterocycles. The largest absolute Gasteiger partial charge is 0.453 e. The summed E-state index contributed by atoms with van der Waals surface area (Å²) in [4.78, 5) is 4.10. The molecule has 0 radical (unpaired) electrons. The van der Waals surface area contributed by atoms with Gasteiger partial charge in [0.2, 0.25) is 0 Å². The Balaban J connectivity index is 0.979. The van der Waals surface area contributed by atoms with Gasteiger partial charge in [-0.25, -0.2) is 8.78 Å². The highest BCUT2D eigenvalue weighted by Gasteiger charge is 2.33. The minimum Gasteiger partial charge on any atom is -0.453 e. The summed E-state index contributed by atoms with van der Waals surface area (Å²) in [6.45, 7) is 0. The Bertz CT molecular complexity index is 3760. The van der Waals surface area contributed by atoms with Crippen LogP contribution in [0.4, 0.5) is 42.9 Å². The smallest absolute Gasteiger partial charge is 0.152 e. The molecule has 0 aliphatic carbocycles. The quantitative estimate of drug-likeness (QED) is 0.172. The van der Waals surface area contributed by atoms with Crippen molar-refractivity contribution >= 4 is 66.4 Å². The molecule has 0 atom stereocenters. The Morgan fingerprint density at radius 1 is 0.288 bits per heavy atom. The van der Waals surface area contributed by atoms with Crippen LogP contribution in [0.15, 0.2) is 218 Å². The van der Waals surface area contributed by atoms with Crippen molar-refractivity contribution in [3.05, 3.63) is 230 Å². The third-order valence-electron chi connectivity index (χ3n) is 12.9. The first-order valence-corrected chi connectivity index (χ1v) is 21.9. The van der Waals surface area contributed by atoms with Crippen LogP contribution in [-0.4, -0.2) is 0 Å². The summed E-state index contributed by atoms with van der Waals surface area (Å²) in [5, 5.41) is 6.07. The van der Waals surface area contributed by atoms with Gasteiger partial charge in [-0.1, -0.05) is 152 Å². The van der Waals surface area contributed by atoms with Gasteiger partial charge < -0.3 is 19.3 Å². The van der Waals surface area contributed by atoms with E-state index in [2.05, 4.69) is 89.8 Å². The average Bonchev–Trinajstić information content (AvgIpc) is 3.36. The van der Waals surface area contributed by atoms with E-state index in [1.807, 2.05) is 114 Å². The first-order chi connectivity index (χ1) is 32.5. The van der Waals surface area contributed by atoms with E-state index in [0.29, 0.717) is 34.4 Å². The van der Waals surface area contributed by atoms with Crippen LogP contribution in [0.25, 0.3) is 65.7 Å². The van der Waals surface area contributed by atoms with E-state index in [4.69, 9.17) is 9.47 Å². The lowest BCUT2D eigenvalue weighted by atomic mass is 9.95. The number of fused-ring (bicyclic) bond motifs is 7. The summed E-state index contributed by atoms with van der Waals surface area (Å²) in [5.41, 5.74) is 8.57. The molecule has 11 aromatic rings. The number of rotatable bonds is 5. The minimum atomic E-state index is -0.606. The van der Waals surface area contributed by atoms with E-state index >= 15 is 8.78 Å². The topological polar surface area (TPSA) is 24.9 Å². The molecule has 13 rings (SSSR count). The van der Waals surface area contributed by atoms with Gasteiger partial charge in [-0.2, -0.15) is 0 Å². The van der Waals surface area contributed by atoms with Crippen molar-refractivity contribution in [2.75, 3.05) is 9.80 Å². The van der Waals surface area contributed by atoms with Crippen LogP contribution in [0.3, 0.4) is 0 Å². The Morgan fingerprint density at radius 2 is 0.742 bits per heavy atom. The zero-order valence-corrected chi connectivity index (χ0v) is 35.3. The van der Waals surface area contributed by atoms with Crippen molar-refractivity contribution in [1.29, 1.82) is 0 Å². The van der Waals surface area contributed by atoms with Crippen LogP contribution in [-0.2, 0) is 0 Å². The Hall–Kier alpha value is -8.74. The van der Waals surface area contributed by atoms with Crippen molar-refractivity contribution < 1.29 is 18.3 Å². The van der Waals surface area contributed by atoms with E-state index in [1.165, 1.54) is 12.1 Å². The predicted octanol–water partition coefficient (Wildman–Crippen LogP) is 17.6. The van der Waals surface area contributed by atoms with Gasteiger partial charge in [0, 0.05) is 34.3 Å². The number of ether oxygens (including phenoxy) is 2. The molecule has 0 unspecified atom stereocenters. The van der Waals surface area contributed by atoms with Crippen LogP contribution >= 0.6 is 0 Å². The molecule has 66 heavy (non-hydrogen) atoms. The molecule has 0 saturated carbocycles. The van der Waals surface area contributed by atoms with Gasteiger partial charge >= 0.3 is 0 Å². The molecule has 2 aliphatic rings. The van der Waals surface area contributed by atoms with E-state index in [9.17, 15) is 0 Å². The minimum absolute atomic E-state index is 0.0491. The molecule has 0 spiro atoms. The fourth-order valence-electron chi connectivity index (χ4n) is 9.78. The molecule has 11 aromatic carbocycles. The third kappa shape index (κ3) is 6.10. The molecule has 0 fully saturated rings. The van der Waals surface area contributed by atoms with Crippen LogP contribution in [0.2, 0.25) is 0 Å². The second-order valence-corrected chi connectivity index (χ2v) is 16.8. The highest BCUT2D eigenvalue weighted by molar-refractivity contribution is 6.08. The monoisotopic (exact) mass is 854 g/mol. The molecule has 0 N–H and O–H groups in total. The molecular formula is C60H36F2N2O2. The zero-order valence-electron chi connectivity index (χ0n) is 35.3. The second kappa shape index (κ2) is 14.9. The molecular weight excluding hydrogens is 819 g/mol. The predicted molar refractivity (Wildman–Crippen MR) is 265 cm³/mol. The third-order valence-corrected chi connectivity index (χ3v) is 12.9. The van der Waals surface area contributed by atoms with E-state index in [1.54, 1.807) is 12.1 Å². The number of hydrogen-bond acceptors (Lipinski definition) is 4. The summed E-state index contributed by atoms with van der Waals surface area (Å²) < 4.78 is 47.8. The fourth-order valence-corrected chi connectivity index (χ4v) is 9.78. The van der Waals surface area contributed by atoms with Crippen LogP contribution in [0.5, 0.6) is 23.0 Å². The Kier molecular flexibility index (Phi) is 8.55. The van der Waals surface area contributed by atoms with Crippen molar-refractivity contribution in [1.82, 2.24) is 0 Å². The Labute approximate surface area is 379 Å². The van der Waals surface area contributed by atoms with Gasteiger partial charge in [-0.15, -0.1) is 0 Å².